The minimum atomic E-state index is -0.397. The number of hydrogen-bond acceptors (Lipinski definition) is 6. The lowest BCUT2D eigenvalue weighted by atomic mass is 10.1. The second-order valence-corrected chi connectivity index (χ2v) is 6.88. The molecular formula is C17H20N4O3S. The fourth-order valence-electron chi connectivity index (χ4n) is 2.74. The van der Waals surface area contributed by atoms with Gasteiger partial charge >= 0.3 is 0 Å². The summed E-state index contributed by atoms with van der Waals surface area (Å²) in [6.07, 6.45) is 0.199. The molecule has 1 fully saturated rings. The van der Waals surface area contributed by atoms with Gasteiger partial charge in [0.1, 0.15) is 11.6 Å². The lowest BCUT2D eigenvalue weighted by Gasteiger charge is -2.18. The summed E-state index contributed by atoms with van der Waals surface area (Å²) in [5.74, 6) is -0.640. The molecule has 0 aliphatic carbocycles. The van der Waals surface area contributed by atoms with Crippen LogP contribution in [0.2, 0.25) is 0 Å². The minimum Gasteiger partial charge on any atom is -0.374 e. The van der Waals surface area contributed by atoms with Crippen LogP contribution in [0.15, 0.2) is 24.3 Å². The van der Waals surface area contributed by atoms with E-state index in [1.807, 2.05) is 38.1 Å². The zero-order valence-electron chi connectivity index (χ0n) is 14.2. The van der Waals surface area contributed by atoms with E-state index in [-0.39, 0.29) is 18.2 Å². The van der Waals surface area contributed by atoms with Gasteiger partial charge in [-0.3, -0.25) is 9.59 Å². The maximum atomic E-state index is 12.5. The molecule has 0 spiro atoms. The Kier molecular flexibility index (Phi) is 5.40. The van der Waals surface area contributed by atoms with Crippen LogP contribution >= 0.6 is 11.3 Å². The van der Waals surface area contributed by atoms with Crippen molar-refractivity contribution in [3.05, 3.63) is 34.8 Å². The SMILES string of the molecule is CCOCc1nnc(NC(=O)[C@H]2CC(=O)N(c3ccccc3C)C2)s1. The van der Waals surface area contributed by atoms with Gasteiger partial charge in [-0.15, -0.1) is 10.2 Å². The van der Waals surface area contributed by atoms with Crippen molar-refractivity contribution >= 4 is 34.0 Å². The Labute approximate surface area is 150 Å². The first kappa shape index (κ1) is 17.5. The lowest BCUT2D eigenvalue weighted by molar-refractivity contribution is -0.122. The standard InChI is InChI=1S/C17H20N4O3S/c1-3-24-10-14-19-20-17(25-14)18-16(23)12-8-15(22)21(9-12)13-7-5-4-6-11(13)2/h4-7,12H,3,8-10H2,1-2H3,(H,18,20,23)/t12-/m0/s1. The average molecular weight is 360 g/mol. The summed E-state index contributed by atoms with van der Waals surface area (Å²) in [7, 11) is 0. The van der Waals surface area contributed by atoms with Crippen LogP contribution < -0.4 is 10.2 Å². The van der Waals surface area contributed by atoms with Gasteiger partial charge in [0.25, 0.3) is 0 Å². The summed E-state index contributed by atoms with van der Waals surface area (Å²) >= 11 is 1.28. The number of anilines is 2. The van der Waals surface area contributed by atoms with Gasteiger partial charge in [-0.25, -0.2) is 0 Å². The highest BCUT2D eigenvalue weighted by atomic mass is 32.1. The maximum Gasteiger partial charge on any atom is 0.231 e. The molecule has 7 nitrogen and oxygen atoms in total. The van der Waals surface area contributed by atoms with E-state index in [0.29, 0.717) is 29.9 Å². The van der Waals surface area contributed by atoms with Gasteiger partial charge in [0.15, 0.2) is 0 Å². The number of nitrogens with zero attached hydrogens (tertiary/aromatic N) is 3. The predicted molar refractivity (Wildman–Crippen MR) is 95.5 cm³/mol. The molecule has 2 amide bonds. The Bertz CT molecular complexity index is 777. The van der Waals surface area contributed by atoms with Gasteiger partial charge in [0.2, 0.25) is 16.9 Å². The molecule has 2 aromatic rings. The van der Waals surface area contributed by atoms with Crippen LogP contribution in [-0.2, 0) is 20.9 Å². The predicted octanol–water partition coefficient (Wildman–Crippen LogP) is 2.37. The summed E-state index contributed by atoms with van der Waals surface area (Å²) in [4.78, 5) is 26.5. The highest BCUT2D eigenvalue weighted by Gasteiger charge is 2.35. The van der Waals surface area contributed by atoms with Crippen molar-refractivity contribution in [3.63, 3.8) is 0 Å². The highest BCUT2D eigenvalue weighted by Crippen LogP contribution is 2.28. The number of rotatable bonds is 6. The molecule has 1 N–H and O–H groups in total. The molecule has 132 valence electrons. The van der Waals surface area contributed by atoms with Gasteiger partial charge in [-0.05, 0) is 25.5 Å². The van der Waals surface area contributed by atoms with E-state index >= 15 is 0 Å². The molecule has 1 aromatic carbocycles. The molecule has 1 aliphatic heterocycles. The smallest absolute Gasteiger partial charge is 0.231 e. The van der Waals surface area contributed by atoms with E-state index in [9.17, 15) is 9.59 Å². The second kappa shape index (κ2) is 7.71. The van der Waals surface area contributed by atoms with Crippen molar-refractivity contribution in [2.45, 2.75) is 26.9 Å². The van der Waals surface area contributed by atoms with E-state index in [4.69, 9.17) is 4.74 Å². The molecule has 8 heteroatoms. The number of para-hydroxylation sites is 1. The first-order valence-corrected chi connectivity index (χ1v) is 8.97. The van der Waals surface area contributed by atoms with Crippen molar-refractivity contribution in [2.75, 3.05) is 23.4 Å². The molecule has 25 heavy (non-hydrogen) atoms. The van der Waals surface area contributed by atoms with E-state index in [1.165, 1.54) is 11.3 Å². The van der Waals surface area contributed by atoms with Crippen molar-refractivity contribution in [3.8, 4) is 0 Å². The number of carbonyl (C=O) groups is 2. The number of aryl methyl sites for hydroxylation is 1. The number of ether oxygens (including phenoxy) is 1. The van der Waals surface area contributed by atoms with Crippen LogP contribution in [0.25, 0.3) is 0 Å². The zero-order chi connectivity index (χ0) is 17.8. The quantitative estimate of drug-likeness (QED) is 0.855. The highest BCUT2D eigenvalue weighted by molar-refractivity contribution is 7.15. The lowest BCUT2D eigenvalue weighted by Crippen LogP contribution is -2.28. The molecule has 0 saturated carbocycles. The van der Waals surface area contributed by atoms with E-state index < -0.39 is 5.92 Å². The summed E-state index contributed by atoms with van der Waals surface area (Å²) < 4.78 is 5.27. The normalized spacial score (nSPS) is 17.1. The molecule has 3 rings (SSSR count). The first-order chi connectivity index (χ1) is 12.1. The Balaban J connectivity index is 1.63. The van der Waals surface area contributed by atoms with Gasteiger partial charge < -0.3 is 15.0 Å². The number of nitrogens with one attached hydrogen (secondary N) is 1. The monoisotopic (exact) mass is 360 g/mol. The van der Waals surface area contributed by atoms with Crippen molar-refractivity contribution in [1.29, 1.82) is 0 Å². The molecule has 0 radical (unpaired) electrons. The largest absolute Gasteiger partial charge is 0.374 e. The minimum absolute atomic E-state index is 0.0382. The van der Waals surface area contributed by atoms with Crippen LogP contribution in [0.1, 0.15) is 23.9 Å². The van der Waals surface area contributed by atoms with E-state index in [2.05, 4.69) is 15.5 Å². The van der Waals surface area contributed by atoms with Crippen LogP contribution in [0.4, 0.5) is 10.8 Å². The third-order valence-corrected chi connectivity index (χ3v) is 4.84. The average Bonchev–Trinajstić information content (AvgIpc) is 3.20. The number of benzene rings is 1. The van der Waals surface area contributed by atoms with E-state index in [0.717, 1.165) is 11.3 Å². The van der Waals surface area contributed by atoms with Crippen molar-refractivity contribution < 1.29 is 14.3 Å². The topological polar surface area (TPSA) is 84.4 Å². The Hall–Kier alpha value is -2.32. The third kappa shape index (κ3) is 4.02. The van der Waals surface area contributed by atoms with Crippen LogP contribution in [0.3, 0.4) is 0 Å². The molecule has 1 atom stereocenters. The molecule has 1 aromatic heterocycles. The maximum absolute atomic E-state index is 12.5. The molecule has 1 aliphatic rings. The Morgan fingerprint density at radius 1 is 1.40 bits per heavy atom. The van der Waals surface area contributed by atoms with Gasteiger partial charge in [-0.2, -0.15) is 0 Å². The number of aromatic nitrogens is 2. The zero-order valence-corrected chi connectivity index (χ0v) is 15.0. The molecular weight excluding hydrogens is 340 g/mol. The second-order valence-electron chi connectivity index (χ2n) is 5.82. The summed E-state index contributed by atoms with van der Waals surface area (Å²) in [5.41, 5.74) is 1.87. The first-order valence-electron chi connectivity index (χ1n) is 8.15. The van der Waals surface area contributed by atoms with Gasteiger partial charge in [-0.1, -0.05) is 29.5 Å². The Morgan fingerprint density at radius 3 is 2.96 bits per heavy atom. The summed E-state index contributed by atoms with van der Waals surface area (Å²) in [6.45, 7) is 5.21. The van der Waals surface area contributed by atoms with Crippen LogP contribution in [0.5, 0.6) is 0 Å². The summed E-state index contributed by atoms with van der Waals surface area (Å²) in [5, 5.41) is 11.8. The Morgan fingerprint density at radius 2 is 2.20 bits per heavy atom. The van der Waals surface area contributed by atoms with Gasteiger partial charge in [0.05, 0.1) is 5.92 Å². The molecule has 0 unspecified atom stereocenters. The summed E-state index contributed by atoms with van der Waals surface area (Å²) in [6, 6.07) is 7.68. The van der Waals surface area contributed by atoms with Crippen LogP contribution in [-0.4, -0.2) is 35.2 Å². The number of amides is 2. The molecule has 0 bridgehead atoms. The fourth-order valence-corrected chi connectivity index (χ4v) is 3.42. The number of carbonyl (C=O) groups excluding carboxylic acids is 2. The van der Waals surface area contributed by atoms with Crippen molar-refractivity contribution in [2.24, 2.45) is 5.92 Å². The third-order valence-electron chi connectivity index (χ3n) is 4.03. The molecule has 1 saturated heterocycles. The van der Waals surface area contributed by atoms with Gasteiger partial charge in [0, 0.05) is 25.3 Å². The molecule has 2 heterocycles. The number of hydrogen-bond donors (Lipinski definition) is 1. The fraction of sp³-hybridized carbons (Fsp3) is 0.412. The van der Waals surface area contributed by atoms with E-state index in [1.54, 1.807) is 4.90 Å². The van der Waals surface area contributed by atoms with Crippen LogP contribution in [0, 0.1) is 12.8 Å². The van der Waals surface area contributed by atoms with Crippen molar-refractivity contribution in [1.82, 2.24) is 10.2 Å².